The molecule has 0 aliphatic carbocycles. The van der Waals surface area contributed by atoms with E-state index < -0.39 is 102 Å². The number of carbonyl (C=O) groups excluding carboxylic acids is 9. The molecule has 0 bridgehead atoms. The second kappa shape index (κ2) is 36.4. The molecule has 530 valence electrons. The Balaban J connectivity index is 0.668. The van der Waals surface area contributed by atoms with Crippen LogP contribution in [0.1, 0.15) is 61.4 Å². The topological polar surface area (TPSA) is 319 Å². The van der Waals surface area contributed by atoms with Gasteiger partial charge < -0.3 is 69.2 Å². The summed E-state index contributed by atoms with van der Waals surface area (Å²) in [5.41, 5.74) is 1.35. The van der Waals surface area contributed by atoms with E-state index in [0.29, 0.717) is 62.1 Å². The molecule has 10 rings (SSSR count). The number of benzene rings is 1. The third kappa shape index (κ3) is 18.4. The number of fused-ring (bicyclic) bond motifs is 4. The highest BCUT2D eigenvalue weighted by Crippen LogP contribution is 2.46. The molecule has 1 aromatic heterocycles. The minimum absolute atomic E-state index is 0.00580. The number of alkyl carbamates (subject to hydrolysis) is 1. The lowest BCUT2D eigenvalue weighted by molar-refractivity contribution is -0.145. The summed E-state index contributed by atoms with van der Waals surface area (Å²) in [6, 6.07) is 13.6. The van der Waals surface area contributed by atoms with Crippen molar-refractivity contribution in [2.75, 3.05) is 118 Å². The smallest absolute Gasteiger partial charge is 0.407 e. The van der Waals surface area contributed by atoms with Crippen LogP contribution in [-0.4, -0.2) is 245 Å². The average Bonchev–Trinajstić information content (AvgIpc) is 1.27. The Morgan fingerprint density at radius 1 is 0.571 bits per heavy atom. The molecule has 27 nitrogen and oxygen atoms in total. The molecule has 15 unspecified atom stereocenters. The van der Waals surface area contributed by atoms with Crippen LogP contribution >= 0.6 is 11.8 Å². The minimum atomic E-state index is -1.04. The normalized spacial score (nSPS) is 28.6. The molecule has 9 heterocycles. The number of pyridine rings is 1. The van der Waals surface area contributed by atoms with Gasteiger partial charge in [-0.05, 0) is 37.0 Å². The van der Waals surface area contributed by atoms with Gasteiger partial charge in [0, 0.05) is 61.6 Å². The summed E-state index contributed by atoms with van der Waals surface area (Å²) in [5.74, 6) is -6.53. The van der Waals surface area contributed by atoms with Gasteiger partial charge in [0.1, 0.15) is 6.61 Å². The highest BCUT2D eigenvalue weighted by Gasteiger charge is 2.62. The Bertz CT molecular complexity index is 3220. The fourth-order valence-corrected chi connectivity index (χ4v) is 15.3. The molecule has 8 aliphatic rings. The first-order chi connectivity index (χ1) is 47.8. The Labute approximate surface area is 574 Å². The SMILES string of the molecule is C=CC1OC(/C=C\C2OC(/C=C\C3OC(/C=C/c4ccccc4)C4C(=O)N(CCCC)C(=O)C34)C3C(=O)N(CCOCCOCCNC(=O)c4ccncc4)C(=O)C23)C2C(=O)N(CCOCCOC(=O)NCCOCCOCCNC(=O)CCCCC3SCC4NC(=C)NC43)C(=O)C12. The molecule has 0 saturated carbocycles. The number of imide groups is 3. The van der Waals surface area contributed by atoms with Gasteiger partial charge in [-0.15, -0.1) is 6.58 Å². The second-order valence-corrected chi connectivity index (χ2v) is 26.2. The summed E-state index contributed by atoms with van der Waals surface area (Å²) in [4.78, 5) is 130. The van der Waals surface area contributed by atoms with Crippen molar-refractivity contribution in [2.45, 2.75) is 99.4 Å². The Morgan fingerprint density at radius 3 is 1.59 bits per heavy atom. The Hall–Kier alpha value is -7.67. The number of ether oxygens (including phenoxy) is 9. The number of hydrogen-bond donors (Lipinski definition) is 5. The highest BCUT2D eigenvalue weighted by molar-refractivity contribution is 8.00. The van der Waals surface area contributed by atoms with Gasteiger partial charge in [-0.2, -0.15) is 11.8 Å². The van der Waals surface area contributed by atoms with Gasteiger partial charge in [0.2, 0.25) is 41.4 Å². The van der Waals surface area contributed by atoms with Gasteiger partial charge in [-0.3, -0.25) is 58.0 Å². The number of rotatable bonds is 40. The third-order valence-corrected chi connectivity index (χ3v) is 20.1. The molecule has 8 saturated heterocycles. The summed E-state index contributed by atoms with van der Waals surface area (Å²) in [5, 5.41) is 15.6. The van der Waals surface area contributed by atoms with Crippen LogP contribution in [-0.2, 0) is 76.2 Å². The maximum absolute atomic E-state index is 14.5. The van der Waals surface area contributed by atoms with Gasteiger partial charge in [-0.1, -0.05) is 99.2 Å². The predicted molar refractivity (Wildman–Crippen MR) is 357 cm³/mol. The van der Waals surface area contributed by atoms with Crippen LogP contribution < -0.4 is 26.6 Å². The first-order valence-electron chi connectivity index (χ1n) is 34.1. The van der Waals surface area contributed by atoms with Crippen molar-refractivity contribution in [2.24, 2.45) is 35.5 Å². The van der Waals surface area contributed by atoms with Gasteiger partial charge in [0.25, 0.3) is 5.91 Å². The second-order valence-electron chi connectivity index (χ2n) is 24.9. The van der Waals surface area contributed by atoms with Crippen LogP contribution in [0.15, 0.2) is 110 Å². The van der Waals surface area contributed by atoms with Crippen molar-refractivity contribution in [3.63, 3.8) is 0 Å². The van der Waals surface area contributed by atoms with Crippen LogP contribution in [0, 0.1) is 35.5 Å². The number of nitrogens with zero attached hydrogens (tertiary/aromatic N) is 4. The number of likely N-dealkylation sites (tertiary alicyclic amines) is 3. The van der Waals surface area contributed by atoms with E-state index in [-0.39, 0.29) is 109 Å². The van der Waals surface area contributed by atoms with Gasteiger partial charge >= 0.3 is 6.09 Å². The third-order valence-electron chi connectivity index (χ3n) is 18.6. The average molecular weight is 1380 g/mol. The van der Waals surface area contributed by atoms with Crippen LogP contribution in [0.25, 0.3) is 6.08 Å². The molecular weight excluding hydrogens is 1290 g/mol. The quantitative estimate of drug-likeness (QED) is 0.0364. The monoisotopic (exact) mass is 1380 g/mol. The van der Waals surface area contributed by atoms with Crippen LogP contribution in [0.4, 0.5) is 4.79 Å². The molecule has 9 amide bonds. The van der Waals surface area contributed by atoms with E-state index in [0.717, 1.165) is 52.6 Å². The molecule has 15 atom stereocenters. The van der Waals surface area contributed by atoms with Gasteiger partial charge in [0.15, 0.2) is 0 Å². The van der Waals surface area contributed by atoms with E-state index in [9.17, 15) is 43.2 Å². The zero-order valence-electron chi connectivity index (χ0n) is 55.3. The lowest BCUT2D eigenvalue weighted by Crippen LogP contribution is -2.38. The van der Waals surface area contributed by atoms with Crippen LogP contribution in [0.3, 0.4) is 0 Å². The first-order valence-corrected chi connectivity index (χ1v) is 35.1. The van der Waals surface area contributed by atoms with Gasteiger partial charge in [-0.25, -0.2) is 4.79 Å². The zero-order chi connectivity index (χ0) is 68.9. The summed E-state index contributed by atoms with van der Waals surface area (Å²) in [7, 11) is 0. The van der Waals surface area contributed by atoms with Gasteiger partial charge in [0.05, 0.1) is 169 Å². The first kappa shape index (κ1) is 73.1. The number of carbonyl (C=O) groups is 9. The van der Waals surface area contributed by atoms with E-state index in [1.165, 1.54) is 23.4 Å². The van der Waals surface area contributed by atoms with Crippen LogP contribution in [0.5, 0.6) is 0 Å². The molecule has 2 aromatic rings. The van der Waals surface area contributed by atoms with Crippen molar-refractivity contribution in [3.05, 3.63) is 121 Å². The number of thioether (sulfide) groups is 1. The van der Waals surface area contributed by atoms with Crippen molar-refractivity contribution in [3.8, 4) is 0 Å². The molecule has 0 radical (unpaired) electrons. The van der Waals surface area contributed by atoms with Crippen molar-refractivity contribution in [1.82, 2.24) is 46.3 Å². The number of nitrogens with one attached hydrogen (secondary N) is 5. The standard InChI is InChI=1S/C70H91N9O18S/c1-4-6-29-77-65(83)58-49(17-16-45-12-8-7-9-13-45)96-51(59(58)66(77)84)20-21-53-61-60(68(86)79(69(61)87)30-35-92-40-39-90-33-27-73-63(81)46-22-24-71-25-23-46)52(97-53)19-18-50-57-56(48(5-2)95-50)64(82)78(67(57)85)31-36-93-41-42-94-70(88)74-28-34-91-38-37-89-32-26-72-55(80)15-11-10-14-54-62-47(43-98-54)75-44(3)76-62/h5,7-9,12-13,16-25,47-54,56-62,75-76H,2-4,6,10-11,14-15,26-43H2,1H3,(H,72,80)(H,73,81)(H,74,88)/b17-16+,19-18-,21-20-. The van der Waals surface area contributed by atoms with E-state index in [4.69, 9.17) is 42.6 Å². The summed E-state index contributed by atoms with van der Waals surface area (Å²) < 4.78 is 52.7. The predicted octanol–water partition coefficient (Wildman–Crippen LogP) is 2.73. The molecule has 98 heavy (non-hydrogen) atoms. The Kier molecular flexibility index (Phi) is 27.2. The van der Waals surface area contributed by atoms with E-state index in [1.54, 1.807) is 42.5 Å². The Morgan fingerprint density at radius 2 is 1.05 bits per heavy atom. The lowest BCUT2D eigenvalue weighted by atomic mass is 9.86. The van der Waals surface area contributed by atoms with Crippen molar-refractivity contribution in [1.29, 1.82) is 0 Å². The maximum Gasteiger partial charge on any atom is 0.407 e. The number of unbranched alkanes of at least 4 members (excludes halogenated alkanes) is 2. The fourth-order valence-electron chi connectivity index (χ4n) is 13.8. The van der Waals surface area contributed by atoms with Crippen molar-refractivity contribution < 1.29 is 85.8 Å². The summed E-state index contributed by atoms with van der Waals surface area (Å²) in [6.45, 7) is 12.3. The zero-order valence-corrected chi connectivity index (χ0v) is 56.1. The van der Waals surface area contributed by atoms with E-state index >= 15 is 0 Å². The van der Waals surface area contributed by atoms with E-state index in [1.807, 2.05) is 55.1 Å². The minimum Gasteiger partial charge on any atom is -0.447 e. The maximum atomic E-state index is 14.5. The molecule has 1 aromatic carbocycles. The molecule has 5 N–H and O–H groups in total. The lowest BCUT2D eigenvalue weighted by Gasteiger charge is -2.21. The molecule has 0 spiro atoms. The highest BCUT2D eigenvalue weighted by atomic mass is 32.2. The molecular formula is C70H91N9O18S. The number of aromatic nitrogens is 1. The molecule has 8 fully saturated rings. The number of hydrogen-bond acceptors (Lipinski definition) is 22. The molecule has 28 heteroatoms. The fraction of sp³-hybridized carbons (Fsp3) is 0.571. The van der Waals surface area contributed by atoms with Crippen molar-refractivity contribution >= 4 is 71.2 Å². The summed E-state index contributed by atoms with van der Waals surface area (Å²) >= 11 is 1.97. The van der Waals surface area contributed by atoms with E-state index in [2.05, 4.69) is 44.7 Å². The largest absolute Gasteiger partial charge is 0.447 e. The number of amides is 9. The summed E-state index contributed by atoms with van der Waals surface area (Å²) in [6.07, 6.45) is 13.2. The molecule has 8 aliphatic heterocycles. The van der Waals surface area contributed by atoms with Crippen LogP contribution in [0.2, 0.25) is 0 Å².